The Morgan fingerprint density at radius 1 is 1.05 bits per heavy atom. The molecule has 0 bridgehead atoms. The van der Waals surface area contributed by atoms with E-state index in [2.05, 4.69) is 15.2 Å². The van der Waals surface area contributed by atoms with Gasteiger partial charge in [-0.15, -0.1) is 21.5 Å². The Balaban J connectivity index is 2.07. The molecule has 0 saturated heterocycles. The van der Waals surface area contributed by atoms with Gasteiger partial charge in [-0.2, -0.15) is 4.98 Å². The normalized spacial score (nSPS) is 10.4. The van der Waals surface area contributed by atoms with Gasteiger partial charge in [0.15, 0.2) is 11.5 Å². The van der Waals surface area contributed by atoms with Gasteiger partial charge in [0.2, 0.25) is 5.88 Å². The predicted octanol–water partition coefficient (Wildman–Crippen LogP) is 3.67. The van der Waals surface area contributed by atoms with Crippen molar-refractivity contribution in [1.29, 1.82) is 0 Å². The highest BCUT2D eigenvalue weighted by Crippen LogP contribution is 2.28. The lowest BCUT2D eigenvalue weighted by atomic mass is 10.1. The summed E-state index contributed by atoms with van der Waals surface area (Å²) in [7, 11) is 0. The second kappa shape index (κ2) is 5.79. The van der Waals surface area contributed by atoms with Gasteiger partial charge in [0.25, 0.3) is 0 Å². The van der Waals surface area contributed by atoms with Gasteiger partial charge in [0.1, 0.15) is 0 Å². The van der Waals surface area contributed by atoms with E-state index in [-0.39, 0.29) is 0 Å². The summed E-state index contributed by atoms with van der Waals surface area (Å²) in [5.41, 5.74) is 1.63. The van der Waals surface area contributed by atoms with Crippen LogP contribution in [0.15, 0.2) is 47.8 Å². The molecule has 2 heterocycles. The van der Waals surface area contributed by atoms with Crippen molar-refractivity contribution in [3.05, 3.63) is 47.8 Å². The molecule has 3 rings (SSSR count). The summed E-state index contributed by atoms with van der Waals surface area (Å²) in [5, 5.41) is 10.5. The highest BCUT2D eigenvalue weighted by Gasteiger charge is 2.13. The van der Waals surface area contributed by atoms with E-state index in [1.54, 1.807) is 11.3 Å². The lowest BCUT2D eigenvalue weighted by molar-refractivity contribution is 0.326. The molecule has 0 unspecified atom stereocenters. The van der Waals surface area contributed by atoms with Crippen LogP contribution in [-0.2, 0) is 0 Å². The maximum absolute atomic E-state index is 5.62. The molecule has 0 radical (unpaired) electrons. The largest absolute Gasteiger partial charge is 0.476 e. The third-order valence-corrected chi connectivity index (χ3v) is 3.59. The maximum Gasteiger partial charge on any atom is 0.244 e. The Bertz CT molecular complexity index is 684. The summed E-state index contributed by atoms with van der Waals surface area (Å²) < 4.78 is 5.62. The number of ether oxygens (including phenoxy) is 1. The Kier molecular flexibility index (Phi) is 3.69. The molecule has 20 heavy (non-hydrogen) atoms. The predicted molar refractivity (Wildman–Crippen MR) is 79.7 cm³/mol. The molecule has 0 aliphatic rings. The number of hydrogen-bond donors (Lipinski definition) is 0. The molecule has 0 spiro atoms. The first-order valence-corrected chi connectivity index (χ1v) is 7.23. The van der Waals surface area contributed by atoms with Crippen molar-refractivity contribution in [3.8, 4) is 27.8 Å². The first-order valence-electron chi connectivity index (χ1n) is 6.35. The zero-order valence-corrected chi connectivity index (χ0v) is 11.8. The van der Waals surface area contributed by atoms with Crippen molar-refractivity contribution >= 4 is 11.3 Å². The fourth-order valence-electron chi connectivity index (χ4n) is 1.84. The van der Waals surface area contributed by atoms with Gasteiger partial charge < -0.3 is 4.74 Å². The molecule has 3 aromatic rings. The van der Waals surface area contributed by atoms with E-state index in [9.17, 15) is 0 Å². The third-order valence-electron chi connectivity index (χ3n) is 2.72. The van der Waals surface area contributed by atoms with Crippen LogP contribution in [0.25, 0.3) is 22.0 Å². The van der Waals surface area contributed by atoms with Crippen molar-refractivity contribution in [2.24, 2.45) is 0 Å². The van der Waals surface area contributed by atoms with Crippen molar-refractivity contribution in [3.63, 3.8) is 0 Å². The molecule has 0 fully saturated rings. The van der Waals surface area contributed by atoms with E-state index >= 15 is 0 Å². The van der Waals surface area contributed by atoms with Crippen LogP contribution in [0.4, 0.5) is 0 Å². The van der Waals surface area contributed by atoms with E-state index in [1.165, 1.54) is 0 Å². The lowest BCUT2D eigenvalue weighted by Crippen LogP contribution is -2.02. The van der Waals surface area contributed by atoms with Crippen LogP contribution >= 0.6 is 11.3 Å². The molecule has 0 amide bonds. The van der Waals surface area contributed by atoms with Crippen molar-refractivity contribution < 1.29 is 4.74 Å². The van der Waals surface area contributed by atoms with Crippen molar-refractivity contribution in [2.45, 2.75) is 6.92 Å². The maximum atomic E-state index is 5.62. The zero-order valence-electron chi connectivity index (χ0n) is 11.0. The van der Waals surface area contributed by atoms with Gasteiger partial charge in [-0.1, -0.05) is 36.4 Å². The van der Waals surface area contributed by atoms with Crippen molar-refractivity contribution in [1.82, 2.24) is 15.2 Å². The minimum Gasteiger partial charge on any atom is -0.476 e. The molecule has 0 N–H and O–H groups in total. The monoisotopic (exact) mass is 283 g/mol. The number of aromatic nitrogens is 3. The number of nitrogens with zero attached hydrogens (tertiary/aromatic N) is 3. The zero-order chi connectivity index (χ0) is 13.8. The van der Waals surface area contributed by atoms with E-state index in [1.807, 2.05) is 54.8 Å². The van der Waals surface area contributed by atoms with Crippen LogP contribution < -0.4 is 4.74 Å². The molecule has 4 nitrogen and oxygen atoms in total. The first kappa shape index (κ1) is 12.7. The van der Waals surface area contributed by atoms with E-state index in [0.717, 1.165) is 10.4 Å². The molecule has 0 atom stereocenters. The minimum atomic E-state index is 0.525. The minimum absolute atomic E-state index is 0.525. The van der Waals surface area contributed by atoms with Gasteiger partial charge in [0, 0.05) is 5.56 Å². The molecule has 1 aromatic carbocycles. The molecular formula is C15H13N3OS. The van der Waals surface area contributed by atoms with Crippen LogP contribution in [0, 0.1) is 0 Å². The molecule has 0 saturated carbocycles. The number of hydrogen-bond acceptors (Lipinski definition) is 5. The number of benzene rings is 1. The molecule has 0 aliphatic heterocycles. The van der Waals surface area contributed by atoms with Gasteiger partial charge in [-0.25, -0.2) is 0 Å². The Labute approximate surface area is 121 Å². The Morgan fingerprint density at radius 2 is 1.90 bits per heavy atom. The van der Waals surface area contributed by atoms with Gasteiger partial charge in [-0.05, 0) is 18.4 Å². The Morgan fingerprint density at radius 3 is 2.60 bits per heavy atom. The molecule has 100 valence electrons. The average molecular weight is 283 g/mol. The second-order valence-electron chi connectivity index (χ2n) is 4.07. The number of thiophene rings is 1. The van der Waals surface area contributed by atoms with E-state index < -0.39 is 0 Å². The summed E-state index contributed by atoms with van der Waals surface area (Å²) in [5.74, 6) is 1.13. The summed E-state index contributed by atoms with van der Waals surface area (Å²) in [6, 6.07) is 13.8. The molecule has 2 aromatic heterocycles. The third kappa shape index (κ3) is 2.53. The van der Waals surface area contributed by atoms with Gasteiger partial charge in [0.05, 0.1) is 11.5 Å². The first-order chi connectivity index (χ1) is 9.88. The van der Waals surface area contributed by atoms with Crippen LogP contribution in [0.2, 0.25) is 0 Å². The van der Waals surface area contributed by atoms with E-state index in [0.29, 0.717) is 24.0 Å². The SMILES string of the molecule is CCOc1nc(-c2cccs2)nnc1-c1ccccc1. The van der Waals surface area contributed by atoms with Crippen LogP contribution in [0.5, 0.6) is 5.88 Å². The summed E-state index contributed by atoms with van der Waals surface area (Å²) in [4.78, 5) is 5.48. The molecule has 5 heteroatoms. The summed E-state index contributed by atoms with van der Waals surface area (Å²) in [6.07, 6.45) is 0. The smallest absolute Gasteiger partial charge is 0.244 e. The Hall–Kier alpha value is -2.27. The quantitative estimate of drug-likeness (QED) is 0.733. The van der Waals surface area contributed by atoms with Crippen LogP contribution in [0.3, 0.4) is 0 Å². The fourth-order valence-corrected chi connectivity index (χ4v) is 2.49. The van der Waals surface area contributed by atoms with Gasteiger partial charge >= 0.3 is 0 Å². The number of rotatable bonds is 4. The second-order valence-corrected chi connectivity index (χ2v) is 5.01. The van der Waals surface area contributed by atoms with Gasteiger partial charge in [-0.3, -0.25) is 0 Å². The van der Waals surface area contributed by atoms with Crippen LogP contribution in [-0.4, -0.2) is 21.8 Å². The highest BCUT2D eigenvalue weighted by molar-refractivity contribution is 7.13. The van der Waals surface area contributed by atoms with Crippen molar-refractivity contribution in [2.75, 3.05) is 6.61 Å². The average Bonchev–Trinajstić information content (AvgIpc) is 3.03. The van der Waals surface area contributed by atoms with Crippen LogP contribution in [0.1, 0.15) is 6.92 Å². The fraction of sp³-hybridized carbons (Fsp3) is 0.133. The lowest BCUT2D eigenvalue weighted by Gasteiger charge is -2.08. The highest BCUT2D eigenvalue weighted by atomic mass is 32.1. The van der Waals surface area contributed by atoms with E-state index in [4.69, 9.17) is 4.74 Å². The molecule has 0 aliphatic carbocycles. The summed E-state index contributed by atoms with van der Waals surface area (Å²) in [6.45, 7) is 2.48. The topological polar surface area (TPSA) is 47.9 Å². The standard InChI is InChI=1S/C15H13N3OS/c1-2-19-15-13(11-7-4-3-5-8-11)17-18-14(16-15)12-9-6-10-20-12/h3-10H,2H2,1H3. The summed E-state index contributed by atoms with van der Waals surface area (Å²) >= 11 is 1.58. The molecular weight excluding hydrogens is 270 g/mol.